The summed E-state index contributed by atoms with van der Waals surface area (Å²) in [6.45, 7) is 6.03. The molecule has 0 radical (unpaired) electrons. The van der Waals surface area contributed by atoms with Crippen molar-refractivity contribution in [1.29, 1.82) is 0 Å². The molecule has 0 saturated carbocycles. The Morgan fingerprint density at radius 2 is 1.00 bits per heavy atom. The summed E-state index contributed by atoms with van der Waals surface area (Å²) < 4.78 is 10.4. The third-order valence-corrected chi connectivity index (χ3v) is 7.60. The minimum atomic E-state index is -0.252. The van der Waals surface area contributed by atoms with E-state index in [9.17, 15) is 0 Å². The standard InChI is InChI=1S/C10H9Br5O/c1-10(2,3)16-9-7(14)5(12)4(11)6(13)8(9)15/h1-3H3. The zero-order valence-corrected chi connectivity index (χ0v) is 16.7. The molecule has 1 aromatic rings. The Balaban J connectivity index is 3.40. The topological polar surface area (TPSA) is 9.23 Å². The SMILES string of the molecule is CC(C)(C)Oc1c(Br)c(Br)c(Br)c(Br)c1Br. The maximum Gasteiger partial charge on any atom is 0.150 e. The van der Waals surface area contributed by atoms with Gasteiger partial charge in [-0.3, -0.25) is 0 Å². The van der Waals surface area contributed by atoms with Crippen molar-refractivity contribution in [1.82, 2.24) is 0 Å². The van der Waals surface area contributed by atoms with Gasteiger partial charge >= 0.3 is 0 Å². The number of ether oxygens (including phenoxy) is 1. The molecule has 0 aliphatic heterocycles. The maximum atomic E-state index is 5.91. The second-order valence-electron chi connectivity index (χ2n) is 4.11. The summed E-state index contributed by atoms with van der Waals surface area (Å²) in [7, 11) is 0. The van der Waals surface area contributed by atoms with E-state index in [4.69, 9.17) is 4.74 Å². The third-order valence-electron chi connectivity index (χ3n) is 1.58. The van der Waals surface area contributed by atoms with Crippen molar-refractivity contribution in [2.24, 2.45) is 0 Å². The molecule has 6 heteroatoms. The molecule has 1 nitrogen and oxygen atoms in total. The lowest BCUT2D eigenvalue weighted by atomic mass is 10.2. The first kappa shape index (κ1) is 15.5. The van der Waals surface area contributed by atoms with E-state index in [0.717, 1.165) is 28.1 Å². The lowest BCUT2D eigenvalue weighted by molar-refractivity contribution is 0.128. The van der Waals surface area contributed by atoms with Crippen LogP contribution in [0.3, 0.4) is 0 Å². The highest BCUT2D eigenvalue weighted by molar-refractivity contribution is 9.15. The Morgan fingerprint density at radius 1 is 0.688 bits per heavy atom. The first-order chi connectivity index (χ1) is 7.15. The lowest BCUT2D eigenvalue weighted by Gasteiger charge is -2.24. The highest BCUT2D eigenvalue weighted by Crippen LogP contribution is 2.49. The van der Waals surface area contributed by atoms with E-state index >= 15 is 0 Å². The second-order valence-corrected chi connectivity index (χ2v) is 8.08. The molecule has 0 N–H and O–H groups in total. The second kappa shape index (κ2) is 5.59. The Kier molecular flexibility index (Phi) is 5.41. The molecular weight excluding hydrogens is 536 g/mol. The molecule has 1 aromatic carbocycles. The van der Waals surface area contributed by atoms with E-state index in [2.05, 4.69) is 79.6 Å². The predicted octanol–water partition coefficient (Wildman–Crippen LogP) is 6.68. The van der Waals surface area contributed by atoms with Gasteiger partial charge in [-0.15, -0.1) is 0 Å². The van der Waals surface area contributed by atoms with Crippen molar-refractivity contribution in [3.63, 3.8) is 0 Å². The molecule has 0 unspecified atom stereocenters. The van der Waals surface area contributed by atoms with E-state index in [1.165, 1.54) is 0 Å². The summed E-state index contributed by atoms with van der Waals surface area (Å²) in [5.74, 6) is 0.773. The van der Waals surface area contributed by atoms with E-state index in [0.29, 0.717) is 0 Å². The summed E-state index contributed by atoms with van der Waals surface area (Å²) in [5, 5.41) is 0. The van der Waals surface area contributed by atoms with E-state index < -0.39 is 0 Å². The van der Waals surface area contributed by atoms with Gasteiger partial charge in [0.05, 0.1) is 17.9 Å². The Morgan fingerprint density at radius 3 is 1.31 bits per heavy atom. The minimum Gasteiger partial charge on any atom is -0.486 e. The Hall–Kier alpha value is 1.42. The number of hydrogen-bond donors (Lipinski definition) is 0. The van der Waals surface area contributed by atoms with Crippen molar-refractivity contribution in [3.05, 3.63) is 22.4 Å². The molecular formula is C10H9Br5O. The fourth-order valence-electron chi connectivity index (χ4n) is 0.981. The average Bonchev–Trinajstić information content (AvgIpc) is 2.17. The Labute approximate surface area is 137 Å². The van der Waals surface area contributed by atoms with Crippen LogP contribution in [0.2, 0.25) is 0 Å². The predicted molar refractivity (Wildman–Crippen MR) is 85.3 cm³/mol. The van der Waals surface area contributed by atoms with Gasteiger partial charge in [0.2, 0.25) is 0 Å². The molecule has 0 atom stereocenters. The van der Waals surface area contributed by atoms with Crippen LogP contribution in [0.25, 0.3) is 0 Å². The average molecular weight is 545 g/mol. The van der Waals surface area contributed by atoms with Gasteiger partial charge in [-0.1, -0.05) is 0 Å². The van der Waals surface area contributed by atoms with Gasteiger partial charge in [0, 0.05) is 4.47 Å². The van der Waals surface area contributed by atoms with Gasteiger partial charge in [0.1, 0.15) is 5.60 Å². The van der Waals surface area contributed by atoms with E-state index in [1.54, 1.807) is 0 Å². The molecule has 0 saturated heterocycles. The number of hydrogen-bond acceptors (Lipinski definition) is 1. The molecule has 0 fully saturated rings. The van der Waals surface area contributed by atoms with Gasteiger partial charge in [-0.05, 0) is 100 Å². The van der Waals surface area contributed by atoms with E-state index in [-0.39, 0.29) is 5.60 Å². The van der Waals surface area contributed by atoms with Crippen molar-refractivity contribution in [3.8, 4) is 5.75 Å². The summed E-state index contributed by atoms with van der Waals surface area (Å²) in [4.78, 5) is 0. The van der Waals surface area contributed by atoms with Gasteiger partial charge in [0.15, 0.2) is 5.75 Å². The fraction of sp³-hybridized carbons (Fsp3) is 0.400. The summed E-state index contributed by atoms with van der Waals surface area (Å²) >= 11 is 17.5. The van der Waals surface area contributed by atoms with Gasteiger partial charge in [-0.25, -0.2) is 0 Å². The molecule has 0 aliphatic carbocycles. The zero-order valence-electron chi connectivity index (χ0n) is 8.80. The first-order valence-electron chi connectivity index (χ1n) is 4.35. The van der Waals surface area contributed by atoms with Crippen LogP contribution in [0.15, 0.2) is 22.4 Å². The van der Waals surface area contributed by atoms with Crippen molar-refractivity contribution < 1.29 is 4.74 Å². The smallest absolute Gasteiger partial charge is 0.150 e. The third kappa shape index (κ3) is 3.46. The van der Waals surface area contributed by atoms with Crippen molar-refractivity contribution >= 4 is 79.6 Å². The van der Waals surface area contributed by atoms with Crippen LogP contribution in [0.1, 0.15) is 20.8 Å². The quantitative estimate of drug-likeness (QED) is 0.283. The molecule has 0 spiro atoms. The molecule has 0 aliphatic rings. The zero-order chi connectivity index (χ0) is 12.7. The van der Waals surface area contributed by atoms with Gasteiger partial charge in [0.25, 0.3) is 0 Å². The van der Waals surface area contributed by atoms with Crippen LogP contribution in [-0.2, 0) is 0 Å². The van der Waals surface area contributed by atoms with Gasteiger partial charge in [-0.2, -0.15) is 0 Å². The molecule has 0 amide bonds. The largest absolute Gasteiger partial charge is 0.486 e. The summed E-state index contributed by atoms with van der Waals surface area (Å²) in [5.41, 5.74) is -0.252. The molecule has 1 rings (SSSR count). The van der Waals surface area contributed by atoms with Crippen LogP contribution in [0.4, 0.5) is 0 Å². The fourth-order valence-corrected chi connectivity index (χ4v) is 4.15. The van der Waals surface area contributed by atoms with Crippen molar-refractivity contribution in [2.45, 2.75) is 26.4 Å². The number of halogens is 5. The molecule has 16 heavy (non-hydrogen) atoms. The minimum absolute atomic E-state index is 0.252. The Bertz CT molecular complexity index is 393. The van der Waals surface area contributed by atoms with E-state index in [1.807, 2.05) is 20.8 Å². The monoisotopic (exact) mass is 540 g/mol. The van der Waals surface area contributed by atoms with Crippen LogP contribution in [-0.4, -0.2) is 5.60 Å². The lowest BCUT2D eigenvalue weighted by Crippen LogP contribution is -2.23. The molecule has 0 aromatic heterocycles. The van der Waals surface area contributed by atoms with Crippen LogP contribution in [0, 0.1) is 0 Å². The maximum absolute atomic E-state index is 5.91. The normalized spacial score (nSPS) is 11.8. The number of rotatable bonds is 1. The van der Waals surface area contributed by atoms with Crippen LogP contribution in [0.5, 0.6) is 5.75 Å². The molecule has 90 valence electrons. The summed E-state index contributed by atoms with van der Waals surface area (Å²) in [6.07, 6.45) is 0. The highest BCUT2D eigenvalue weighted by atomic mass is 79.9. The van der Waals surface area contributed by atoms with Crippen LogP contribution < -0.4 is 4.74 Å². The molecule has 0 heterocycles. The highest BCUT2D eigenvalue weighted by Gasteiger charge is 2.22. The van der Waals surface area contributed by atoms with Gasteiger partial charge < -0.3 is 4.74 Å². The first-order valence-corrected chi connectivity index (χ1v) is 8.32. The summed E-state index contributed by atoms with van der Waals surface area (Å²) in [6, 6.07) is 0. The van der Waals surface area contributed by atoms with Crippen LogP contribution >= 0.6 is 79.6 Å². The number of benzene rings is 1. The van der Waals surface area contributed by atoms with Crippen molar-refractivity contribution in [2.75, 3.05) is 0 Å². The molecule has 0 bridgehead atoms.